The molecular weight excluding hydrogens is 220 g/mol. The van der Waals surface area contributed by atoms with Crippen molar-refractivity contribution < 1.29 is 22.1 Å². The molecule has 0 aromatic heterocycles. The van der Waals surface area contributed by atoms with Crippen LogP contribution in [0.4, 0.5) is 4.79 Å². The maximum absolute atomic E-state index is 11.1. The third-order valence-electron chi connectivity index (χ3n) is 2.36. The zero-order valence-electron chi connectivity index (χ0n) is 8.77. The van der Waals surface area contributed by atoms with Crippen LogP contribution in [0.25, 0.3) is 0 Å². The lowest BCUT2D eigenvalue weighted by molar-refractivity contribution is 0.0434. The third kappa shape index (κ3) is 4.51. The van der Waals surface area contributed by atoms with Crippen LogP contribution in [-0.4, -0.2) is 26.4 Å². The number of rotatable bonds is 3. The molecule has 1 rings (SSSR count). The molecule has 0 saturated heterocycles. The minimum absolute atomic E-state index is 0.182. The maximum Gasteiger partial charge on any atom is 0.524 e. The Bertz CT molecular complexity index is 302. The Morgan fingerprint density at radius 1 is 1.27 bits per heavy atom. The van der Waals surface area contributed by atoms with Crippen molar-refractivity contribution in [1.29, 1.82) is 0 Å². The highest BCUT2D eigenvalue weighted by Gasteiger charge is 2.22. The Labute approximate surface area is 89.9 Å². The van der Waals surface area contributed by atoms with Gasteiger partial charge in [-0.2, -0.15) is 8.42 Å². The molecule has 0 heterocycles. The van der Waals surface area contributed by atoms with Crippen molar-refractivity contribution in [3.05, 3.63) is 0 Å². The van der Waals surface area contributed by atoms with E-state index in [4.69, 9.17) is 4.74 Å². The van der Waals surface area contributed by atoms with Gasteiger partial charge in [0.2, 0.25) is 0 Å². The first-order valence-electron chi connectivity index (χ1n) is 5.16. The number of carbonyl (C=O) groups excluding carboxylic acids is 1. The first-order valence-corrected chi connectivity index (χ1v) is 6.74. The maximum atomic E-state index is 11.1. The normalized spacial score (nSPS) is 18.5. The van der Waals surface area contributed by atoms with Gasteiger partial charge in [-0.1, -0.05) is 6.42 Å². The van der Waals surface area contributed by atoms with Gasteiger partial charge in [0.1, 0.15) is 6.10 Å². The first kappa shape index (κ1) is 12.3. The van der Waals surface area contributed by atoms with Gasteiger partial charge in [0.25, 0.3) is 0 Å². The molecule has 1 aliphatic rings. The minimum atomic E-state index is -3.74. The lowest BCUT2D eigenvalue weighted by atomic mass is 9.98. The highest BCUT2D eigenvalue weighted by molar-refractivity contribution is 7.87. The topological polar surface area (TPSA) is 69.7 Å². The molecule has 6 heteroatoms. The summed E-state index contributed by atoms with van der Waals surface area (Å²) in [6, 6.07) is 0. The fraction of sp³-hybridized carbons (Fsp3) is 0.889. The van der Waals surface area contributed by atoms with Gasteiger partial charge in [-0.15, -0.1) is 0 Å². The van der Waals surface area contributed by atoms with Crippen LogP contribution in [0.5, 0.6) is 0 Å². The summed E-state index contributed by atoms with van der Waals surface area (Å²) < 4.78 is 30.9. The van der Waals surface area contributed by atoms with E-state index in [1.807, 2.05) is 0 Å². The second-order valence-electron chi connectivity index (χ2n) is 3.56. The van der Waals surface area contributed by atoms with Crippen molar-refractivity contribution in [1.82, 2.24) is 0 Å². The van der Waals surface area contributed by atoms with Crippen molar-refractivity contribution in [2.24, 2.45) is 0 Å². The molecule has 0 amide bonds. The van der Waals surface area contributed by atoms with Gasteiger partial charge < -0.3 is 8.92 Å². The summed E-state index contributed by atoms with van der Waals surface area (Å²) in [7, 11) is -3.74. The fourth-order valence-corrected chi connectivity index (χ4v) is 1.87. The van der Waals surface area contributed by atoms with Gasteiger partial charge in [0.05, 0.1) is 5.75 Å². The predicted molar refractivity (Wildman–Crippen MR) is 53.9 cm³/mol. The summed E-state index contributed by atoms with van der Waals surface area (Å²) in [6.45, 7) is 1.41. The molecule has 5 nitrogen and oxygen atoms in total. The Morgan fingerprint density at radius 2 is 1.87 bits per heavy atom. The van der Waals surface area contributed by atoms with Crippen LogP contribution < -0.4 is 0 Å². The van der Waals surface area contributed by atoms with E-state index in [0.29, 0.717) is 0 Å². The smallest absolute Gasteiger partial charge is 0.430 e. The SMILES string of the molecule is CCS(=O)(=O)OC(=O)OC1CCCCC1. The molecule has 0 aromatic carbocycles. The van der Waals surface area contributed by atoms with Gasteiger partial charge >= 0.3 is 16.3 Å². The summed E-state index contributed by atoms with van der Waals surface area (Å²) in [5.41, 5.74) is 0. The second-order valence-corrected chi connectivity index (χ2v) is 5.42. The highest BCUT2D eigenvalue weighted by Crippen LogP contribution is 2.20. The summed E-state index contributed by atoms with van der Waals surface area (Å²) in [5, 5.41) is 0. The lowest BCUT2D eigenvalue weighted by Crippen LogP contribution is -2.24. The molecule has 0 atom stereocenters. The molecule has 0 bridgehead atoms. The fourth-order valence-electron chi connectivity index (χ4n) is 1.50. The quantitative estimate of drug-likeness (QED) is 0.552. The van der Waals surface area contributed by atoms with Gasteiger partial charge in [-0.25, -0.2) is 4.79 Å². The van der Waals surface area contributed by atoms with E-state index in [1.54, 1.807) is 0 Å². The minimum Gasteiger partial charge on any atom is -0.430 e. The molecule has 0 spiro atoms. The molecule has 15 heavy (non-hydrogen) atoms. The first-order chi connectivity index (χ1) is 7.03. The molecule has 0 unspecified atom stereocenters. The van der Waals surface area contributed by atoms with Crippen molar-refractivity contribution in [3.63, 3.8) is 0 Å². The second kappa shape index (κ2) is 5.34. The van der Waals surface area contributed by atoms with E-state index in [9.17, 15) is 13.2 Å². The summed E-state index contributed by atoms with van der Waals surface area (Å²) in [4.78, 5) is 11.1. The van der Waals surface area contributed by atoms with E-state index in [1.165, 1.54) is 6.92 Å². The molecule has 88 valence electrons. The van der Waals surface area contributed by atoms with E-state index < -0.39 is 16.3 Å². The monoisotopic (exact) mass is 236 g/mol. The summed E-state index contributed by atoms with van der Waals surface area (Å²) in [6.07, 6.45) is 3.48. The van der Waals surface area contributed by atoms with E-state index in [0.717, 1.165) is 32.1 Å². The summed E-state index contributed by atoms with van der Waals surface area (Å²) in [5.74, 6) is -0.229. The highest BCUT2D eigenvalue weighted by atomic mass is 32.2. The Kier molecular flexibility index (Phi) is 4.38. The molecule has 0 aliphatic heterocycles. The summed E-state index contributed by atoms with van der Waals surface area (Å²) >= 11 is 0. The molecule has 0 aromatic rings. The number of ether oxygens (including phenoxy) is 1. The van der Waals surface area contributed by atoms with Crippen LogP contribution in [0.3, 0.4) is 0 Å². The Hall–Kier alpha value is -0.780. The zero-order valence-corrected chi connectivity index (χ0v) is 9.59. The zero-order chi connectivity index (χ0) is 11.3. The predicted octanol–water partition coefficient (Wildman–Crippen LogP) is 1.82. The van der Waals surface area contributed by atoms with Crippen LogP contribution in [0.1, 0.15) is 39.0 Å². The molecule has 0 N–H and O–H groups in total. The van der Waals surface area contributed by atoms with Crippen LogP contribution in [0, 0.1) is 0 Å². The standard InChI is InChI=1S/C9H16O5S/c1-2-15(11,12)14-9(10)13-8-6-4-3-5-7-8/h8H,2-7H2,1H3. The number of hydrogen-bond donors (Lipinski definition) is 0. The average Bonchev–Trinajstić information content (AvgIpc) is 2.18. The average molecular weight is 236 g/mol. The van der Waals surface area contributed by atoms with Gasteiger partial charge in [0, 0.05) is 0 Å². The Morgan fingerprint density at radius 3 is 2.40 bits per heavy atom. The molecule has 1 fully saturated rings. The van der Waals surface area contributed by atoms with E-state index in [2.05, 4.69) is 4.18 Å². The van der Waals surface area contributed by atoms with E-state index >= 15 is 0 Å². The number of hydrogen-bond acceptors (Lipinski definition) is 5. The van der Waals surface area contributed by atoms with Gasteiger partial charge in [-0.05, 0) is 32.6 Å². The van der Waals surface area contributed by atoms with Crippen LogP contribution >= 0.6 is 0 Å². The molecule has 1 saturated carbocycles. The molecule has 0 radical (unpaired) electrons. The number of carbonyl (C=O) groups is 1. The largest absolute Gasteiger partial charge is 0.524 e. The van der Waals surface area contributed by atoms with Crippen LogP contribution in [0.2, 0.25) is 0 Å². The van der Waals surface area contributed by atoms with Gasteiger partial charge in [-0.3, -0.25) is 0 Å². The van der Waals surface area contributed by atoms with Crippen molar-refractivity contribution in [2.75, 3.05) is 5.75 Å². The molecular formula is C9H16O5S. The van der Waals surface area contributed by atoms with Gasteiger partial charge in [0.15, 0.2) is 0 Å². The van der Waals surface area contributed by atoms with E-state index in [-0.39, 0.29) is 11.9 Å². The van der Waals surface area contributed by atoms with Crippen molar-refractivity contribution >= 4 is 16.3 Å². The van der Waals surface area contributed by atoms with Crippen molar-refractivity contribution in [2.45, 2.75) is 45.1 Å². The molecule has 1 aliphatic carbocycles. The van der Waals surface area contributed by atoms with Crippen molar-refractivity contribution in [3.8, 4) is 0 Å². The lowest BCUT2D eigenvalue weighted by Gasteiger charge is -2.20. The third-order valence-corrected chi connectivity index (χ3v) is 3.46. The van der Waals surface area contributed by atoms with Crippen LogP contribution in [0.15, 0.2) is 0 Å². The Balaban J connectivity index is 2.35. The van der Waals surface area contributed by atoms with Crippen LogP contribution in [-0.2, 0) is 19.0 Å².